The van der Waals surface area contributed by atoms with Gasteiger partial charge in [0.05, 0.1) is 5.02 Å². The van der Waals surface area contributed by atoms with Gasteiger partial charge in [-0.3, -0.25) is 10.2 Å². The fraction of sp³-hybridized carbons (Fsp3) is 0.154. The molecule has 0 radical (unpaired) electrons. The largest absolute Gasteiger partial charge is 0.347 e. The topological polar surface area (TPSA) is 80.2 Å². The van der Waals surface area contributed by atoms with Gasteiger partial charge in [-0.05, 0) is 36.8 Å². The molecule has 0 fully saturated rings. The van der Waals surface area contributed by atoms with E-state index < -0.39 is 15.9 Å². The Kier molecular flexibility index (Phi) is 4.36. The number of benzene rings is 1. The lowest BCUT2D eigenvalue weighted by molar-refractivity contribution is 0.0937. The van der Waals surface area contributed by atoms with Crippen LogP contribution in [0.3, 0.4) is 0 Å². The maximum absolute atomic E-state index is 12.1. The van der Waals surface area contributed by atoms with Crippen molar-refractivity contribution in [3.63, 3.8) is 0 Å². The molecular weight excluding hydrogens is 314 g/mol. The molecule has 0 saturated heterocycles. The van der Waals surface area contributed by atoms with Crippen LogP contribution >= 0.6 is 11.6 Å². The smallest absolute Gasteiger partial charge is 0.282 e. The minimum atomic E-state index is -3.93. The van der Waals surface area contributed by atoms with Gasteiger partial charge in [0.2, 0.25) is 0 Å². The lowest BCUT2D eigenvalue weighted by Gasteiger charge is -2.10. The van der Waals surface area contributed by atoms with Gasteiger partial charge in [-0.2, -0.15) is 0 Å². The number of nitrogens with zero attached hydrogens (tertiary/aromatic N) is 1. The predicted molar refractivity (Wildman–Crippen MR) is 79.4 cm³/mol. The molecule has 1 amide bonds. The van der Waals surface area contributed by atoms with E-state index in [9.17, 15) is 13.2 Å². The normalized spacial score (nSPS) is 11.4. The van der Waals surface area contributed by atoms with Crippen LogP contribution < -0.4 is 10.3 Å². The van der Waals surface area contributed by atoms with E-state index in [2.05, 4.69) is 5.43 Å². The van der Waals surface area contributed by atoms with Gasteiger partial charge in [0.1, 0.15) is 10.6 Å². The molecule has 0 saturated carbocycles. The van der Waals surface area contributed by atoms with Gasteiger partial charge in [0, 0.05) is 13.2 Å². The monoisotopic (exact) mass is 327 g/mol. The Bertz CT molecular complexity index is 784. The summed E-state index contributed by atoms with van der Waals surface area (Å²) in [6.45, 7) is 1.80. The zero-order chi connectivity index (χ0) is 15.6. The molecule has 2 N–H and O–H groups in total. The minimum absolute atomic E-state index is 0.0932. The van der Waals surface area contributed by atoms with Crippen molar-refractivity contribution in [1.82, 2.24) is 14.8 Å². The molecule has 112 valence electrons. The quantitative estimate of drug-likeness (QED) is 0.837. The number of carbonyl (C=O) groups is 1. The van der Waals surface area contributed by atoms with Crippen molar-refractivity contribution in [3.05, 3.63) is 52.8 Å². The van der Waals surface area contributed by atoms with Crippen LogP contribution in [-0.4, -0.2) is 18.9 Å². The van der Waals surface area contributed by atoms with E-state index in [-0.39, 0.29) is 9.92 Å². The van der Waals surface area contributed by atoms with Crippen LogP contribution in [0, 0.1) is 6.92 Å². The fourth-order valence-electron chi connectivity index (χ4n) is 1.75. The molecule has 1 aromatic carbocycles. The predicted octanol–water partition coefficient (Wildman–Crippen LogP) is 1.61. The number of rotatable bonds is 4. The lowest BCUT2D eigenvalue weighted by atomic mass is 10.2. The molecule has 0 unspecified atom stereocenters. The highest BCUT2D eigenvalue weighted by atomic mass is 35.5. The van der Waals surface area contributed by atoms with Gasteiger partial charge in [0.15, 0.2) is 0 Å². The molecule has 0 aliphatic rings. The second kappa shape index (κ2) is 5.88. The Morgan fingerprint density at radius 1 is 1.29 bits per heavy atom. The molecule has 0 aliphatic heterocycles. The van der Waals surface area contributed by atoms with Gasteiger partial charge in [-0.25, -0.2) is 8.42 Å². The summed E-state index contributed by atoms with van der Waals surface area (Å²) in [4.78, 5) is 13.8. The summed E-state index contributed by atoms with van der Waals surface area (Å²) in [6, 6.07) is 7.80. The average Bonchev–Trinajstić information content (AvgIpc) is 2.82. The van der Waals surface area contributed by atoms with Crippen LogP contribution in [0.2, 0.25) is 5.02 Å². The van der Waals surface area contributed by atoms with E-state index in [0.717, 1.165) is 5.56 Å². The van der Waals surface area contributed by atoms with Crippen LogP contribution in [0.25, 0.3) is 0 Å². The average molecular weight is 328 g/mol. The summed E-state index contributed by atoms with van der Waals surface area (Å²) in [5, 5.41) is 0.0932. The van der Waals surface area contributed by atoms with E-state index in [0.29, 0.717) is 5.69 Å². The lowest BCUT2D eigenvalue weighted by Crippen LogP contribution is -2.42. The molecule has 1 aromatic heterocycles. The van der Waals surface area contributed by atoms with E-state index in [1.807, 2.05) is 4.83 Å². The van der Waals surface area contributed by atoms with Crippen molar-refractivity contribution in [2.75, 3.05) is 0 Å². The number of aryl methyl sites for hydroxylation is 2. The van der Waals surface area contributed by atoms with Gasteiger partial charge in [-0.15, -0.1) is 4.83 Å². The zero-order valence-electron chi connectivity index (χ0n) is 11.4. The summed E-state index contributed by atoms with van der Waals surface area (Å²) < 4.78 is 25.8. The molecule has 1 heterocycles. The SMILES string of the molecule is Cc1ccc(S(=O)(=O)NNC(=O)c2cccn2C)c(Cl)c1. The van der Waals surface area contributed by atoms with Gasteiger partial charge < -0.3 is 4.57 Å². The molecule has 6 nitrogen and oxygen atoms in total. The standard InChI is InChI=1S/C13H14ClN3O3S/c1-9-5-6-12(10(14)8-9)21(19,20)16-15-13(18)11-4-3-7-17(11)2/h3-8,16H,1-2H3,(H,15,18). The van der Waals surface area contributed by atoms with Crippen molar-refractivity contribution < 1.29 is 13.2 Å². The molecule has 21 heavy (non-hydrogen) atoms. The number of hydrazine groups is 1. The van der Waals surface area contributed by atoms with Gasteiger partial charge in [0.25, 0.3) is 15.9 Å². The number of halogens is 1. The molecule has 0 spiro atoms. The Morgan fingerprint density at radius 3 is 2.57 bits per heavy atom. The summed E-state index contributed by atoms with van der Waals surface area (Å²) >= 11 is 5.92. The summed E-state index contributed by atoms with van der Waals surface area (Å²) in [6.07, 6.45) is 1.68. The first-order valence-electron chi connectivity index (χ1n) is 6.01. The van der Waals surface area contributed by atoms with Gasteiger partial charge >= 0.3 is 0 Å². The maximum Gasteiger partial charge on any atom is 0.282 e. The second-order valence-electron chi connectivity index (χ2n) is 4.50. The van der Waals surface area contributed by atoms with E-state index in [4.69, 9.17) is 11.6 Å². The van der Waals surface area contributed by atoms with Crippen molar-refractivity contribution >= 4 is 27.5 Å². The third-order valence-corrected chi connectivity index (χ3v) is 4.58. The number of nitrogens with one attached hydrogen (secondary N) is 2. The molecule has 0 aliphatic carbocycles. The highest BCUT2D eigenvalue weighted by Crippen LogP contribution is 2.21. The first-order valence-corrected chi connectivity index (χ1v) is 7.87. The van der Waals surface area contributed by atoms with E-state index >= 15 is 0 Å². The summed E-state index contributed by atoms with van der Waals surface area (Å²) in [5.41, 5.74) is 3.32. The molecule has 2 aromatic rings. The first-order chi connectivity index (χ1) is 9.81. The maximum atomic E-state index is 12.1. The van der Waals surface area contributed by atoms with Gasteiger partial charge in [-0.1, -0.05) is 17.7 Å². The van der Waals surface area contributed by atoms with Crippen LogP contribution in [0.15, 0.2) is 41.4 Å². The van der Waals surface area contributed by atoms with Crippen LogP contribution in [0.4, 0.5) is 0 Å². The zero-order valence-corrected chi connectivity index (χ0v) is 13.0. The number of sulfonamides is 1. The van der Waals surface area contributed by atoms with Crippen molar-refractivity contribution in [2.45, 2.75) is 11.8 Å². The fourth-order valence-corrected chi connectivity index (χ4v) is 3.19. The Morgan fingerprint density at radius 2 is 2.00 bits per heavy atom. The third-order valence-electron chi connectivity index (χ3n) is 2.85. The number of carbonyl (C=O) groups excluding carboxylic acids is 1. The third kappa shape index (κ3) is 3.44. The Balaban J connectivity index is 2.15. The van der Waals surface area contributed by atoms with Crippen LogP contribution in [-0.2, 0) is 17.1 Å². The highest BCUT2D eigenvalue weighted by Gasteiger charge is 2.19. The highest BCUT2D eigenvalue weighted by molar-refractivity contribution is 7.89. The molecule has 8 heteroatoms. The Hall–Kier alpha value is -1.83. The van der Waals surface area contributed by atoms with Crippen molar-refractivity contribution in [1.29, 1.82) is 0 Å². The number of hydrogen-bond donors (Lipinski definition) is 2. The summed E-state index contributed by atoms with van der Waals surface area (Å²) in [5.74, 6) is -0.561. The number of amides is 1. The molecule has 0 bridgehead atoms. The molecular formula is C13H14ClN3O3S. The number of hydrogen-bond acceptors (Lipinski definition) is 3. The van der Waals surface area contributed by atoms with Crippen molar-refractivity contribution in [2.24, 2.45) is 7.05 Å². The van der Waals surface area contributed by atoms with E-state index in [1.54, 1.807) is 42.9 Å². The Labute approximate surface area is 127 Å². The van der Waals surface area contributed by atoms with Crippen molar-refractivity contribution in [3.8, 4) is 0 Å². The van der Waals surface area contributed by atoms with Crippen LogP contribution in [0.1, 0.15) is 16.1 Å². The molecule has 2 rings (SSSR count). The van der Waals surface area contributed by atoms with E-state index in [1.165, 1.54) is 12.1 Å². The van der Waals surface area contributed by atoms with Crippen LogP contribution in [0.5, 0.6) is 0 Å². The minimum Gasteiger partial charge on any atom is -0.347 e. The second-order valence-corrected chi connectivity index (χ2v) is 6.56. The molecule has 0 atom stereocenters. The first kappa shape index (κ1) is 15.6. The summed E-state index contributed by atoms with van der Waals surface area (Å²) in [7, 11) is -2.25. The number of aromatic nitrogens is 1.